The molecule has 6 nitrogen and oxygen atoms in total. The summed E-state index contributed by atoms with van der Waals surface area (Å²) in [5.74, 6) is 0. The highest BCUT2D eigenvalue weighted by atomic mass is 32.2. The molecule has 0 radical (unpaired) electrons. The minimum Gasteiger partial charge on any atom is -0.392 e. The van der Waals surface area contributed by atoms with E-state index >= 15 is 0 Å². The van der Waals surface area contributed by atoms with Crippen LogP contribution in [0.25, 0.3) is 0 Å². The molecule has 1 fully saturated rings. The largest absolute Gasteiger partial charge is 0.392 e. The zero-order chi connectivity index (χ0) is 13.8. The Kier molecular flexibility index (Phi) is 6.00. The monoisotopic (exact) mass is 280 g/mol. The molecule has 3 unspecified atom stereocenters. The van der Waals surface area contributed by atoms with E-state index < -0.39 is 16.3 Å². The summed E-state index contributed by atoms with van der Waals surface area (Å²) >= 11 is 0. The second-order valence-electron chi connectivity index (χ2n) is 4.87. The van der Waals surface area contributed by atoms with E-state index in [0.29, 0.717) is 19.5 Å². The van der Waals surface area contributed by atoms with Crippen molar-refractivity contribution in [2.75, 3.05) is 19.6 Å². The van der Waals surface area contributed by atoms with Gasteiger partial charge in [0.25, 0.3) is 10.2 Å². The molecule has 2 N–H and O–H groups in total. The maximum atomic E-state index is 12.0. The van der Waals surface area contributed by atoms with Gasteiger partial charge < -0.3 is 9.84 Å². The predicted octanol–water partition coefficient (Wildman–Crippen LogP) is 0.0910. The van der Waals surface area contributed by atoms with Crippen molar-refractivity contribution in [1.82, 2.24) is 9.03 Å². The Balaban J connectivity index is 2.52. The molecule has 3 atom stereocenters. The van der Waals surface area contributed by atoms with Gasteiger partial charge in [0.15, 0.2) is 0 Å². The first-order valence-corrected chi connectivity index (χ1v) is 7.87. The van der Waals surface area contributed by atoms with Gasteiger partial charge in [0.05, 0.1) is 18.3 Å². The van der Waals surface area contributed by atoms with E-state index in [1.54, 1.807) is 0 Å². The van der Waals surface area contributed by atoms with Gasteiger partial charge in [0.1, 0.15) is 0 Å². The molecule has 0 bridgehead atoms. The first-order chi connectivity index (χ1) is 8.35. The molecule has 1 heterocycles. The number of aliphatic hydroxyl groups excluding tert-OH is 1. The zero-order valence-electron chi connectivity index (χ0n) is 11.3. The van der Waals surface area contributed by atoms with Crippen molar-refractivity contribution in [2.24, 2.45) is 0 Å². The van der Waals surface area contributed by atoms with Crippen molar-refractivity contribution in [2.45, 2.75) is 51.9 Å². The van der Waals surface area contributed by atoms with E-state index in [9.17, 15) is 13.5 Å². The van der Waals surface area contributed by atoms with Crippen molar-refractivity contribution < 1.29 is 18.3 Å². The summed E-state index contributed by atoms with van der Waals surface area (Å²) in [5, 5.41) is 9.54. The van der Waals surface area contributed by atoms with E-state index in [-0.39, 0.29) is 18.8 Å². The Bertz CT molecular complexity index is 337. The van der Waals surface area contributed by atoms with Crippen LogP contribution in [-0.2, 0) is 14.9 Å². The smallest absolute Gasteiger partial charge is 0.279 e. The van der Waals surface area contributed by atoms with Gasteiger partial charge in [-0.3, -0.25) is 0 Å². The lowest BCUT2D eigenvalue weighted by atomic mass is 10.2. The second-order valence-corrected chi connectivity index (χ2v) is 6.63. The van der Waals surface area contributed by atoms with Gasteiger partial charge in [-0.1, -0.05) is 13.3 Å². The molecule has 0 aromatic carbocycles. The summed E-state index contributed by atoms with van der Waals surface area (Å²) in [4.78, 5) is 0. The van der Waals surface area contributed by atoms with Crippen molar-refractivity contribution in [3.05, 3.63) is 0 Å². The molecule has 0 spiro atoms. The highest BCUT2D eigenvalue weighted by Crippen LogP contribution is 2.13. The highest BCUT2D eigenvalue weighted by molar-refractivity contribution is 7.87. The van der Waals surface area contributed by atoms with Crippen LogP contribution >= 0.6 is 0 Å². The van der Waals surface area contributed by atoms with Gasteiger partial charge in [-0.2, -0.15) is 17.4 Å². The van der Waals surface area contributed by atoms with Crippen LogP contribution in [-0.4, -0.2) is 55.8 Å². The van der Waals surface area contributed by atoms with Gasteiger partial charge in [0, 0.05) is 19.6 Å². The molecule has 1 aliphatic rings. The number of nitrogens with zero attached hydrogens (tertiary/aromatic N) is 1. The van der Waals surface area contributed by atoms with Gasteiger partial charge in [0.2, 0.25) is 0 Å². The van der Waals surface area contributed by atoms with Gasteiger partial charge >= 0.3 is 0 Å². The topological polar surface area (TPSA) is 78.9 Å². The Hall–Kier alpha value is -0.210. The van der Waals surface area contributed by atoms with Crippen LogP contribution in [0.2, 0.25) is 0 Å². The molecule has 0 aromatic heterocycles. The summed E-state index contributed by atoms with van der Waals surface area (Å²) in [6.07, 6.45) is 0.588. The van der Waals surface area contributed by atoms with Crippen molar-refractivity contribution in [3.8, 4) is 0 Å². The summed E-state index contributed by atoms with van der Waals surface area (Å²) in [6.45, 7) is 6.42. The van der Waals surface area contributed by atoms with E-state index in [0.717, 1.165) is 6.42 Å². The Morgan fingerprint density at radius 1 is 1.39 bits per heavy atom. The van der Waals surface area contributed by atoms with Crippen molar-refractivity contribution in [1.29, 1.82) is 0 Å². The molecular formula is C11H24N2O4S. The molecule has 18 heavy (non-hydrogen) atoms. The number of morpholine rings is 1. The Morgan fingerprint density at radius 2 is 1.94 bits per heavy atom. The van der Waals surface area contributed by atoms with Gasteiger partial charge in [-0.15, -0.1) is 0 Å². The Labute approximate surface area is 109 Å². The van der Waals surface area contributed by atoms with Crippen LogP contribution in [0.5, 0.6) is 0 Å². The van der Waals surface area contributed by atoms with Crippen LogP contribution in [0.1, 0.15) is 33.6 Å². The average Bonchev–Trinajstić information content (AvgIpc) is 2.26. The van der Waals surface area contributed by atoms with E-state index in [2.05, 4.69) is 4.72 Å². The quantitative estimate of drug-likeness (QED) is 0.723. The number of nitrogens with one attached hydrogen (secondary N) is 1. The lowest BCUT2D eigenvalue weighted by Crippen LogP contribution is -2.52. The lowest BCUT2D eigenvalue weighted by Gasteiger charge is -2.34. The maximum Gasteiger partial charge on any atom is 0.279 e. The van der Waals surface area contributed by atoms with Crippen LogP contribution in [0.4, 0.5) is 0 Å². The summed E-state index contributed by atoms with van der Waals surface area (Å²) < 4.78 is 33.4. The molecule has 7 heteroatoms. The predicted molar refractivity (Wildman–Crippen MR) is 69.4 cm³/mol. The molecule has 0 aliphatic carbocycles. The third-order valence-electron chi connectivity index (χ3n) is 2.85. The highest BCUT2D eigenvalue weighted by Gasteiger charge is 2.30. The normalized spacial score (nSPS) is 28.2. The molecular weight excluding hydrogens is 256 g/mol. The zero-order valence-corrected chi connectivity index (χ0v) is 12.1. The Morgan fingerprint density at radius 3 is 2.44 bits per heavy atom. The fourth-order valence-corrected chi connectivity index (χ4v) is 3.45. The minimum atomic E-state index is -3.52. The number of hydrogen-bond donors (Lipinski definition) is 2. The van der Waals surface area contributed by atoms with Crippen LogP contribution in [0, 0.1) is 0 Å². The molecule has 0 saturated carbocycles. The first-order valence-electron chi connectivity index (χ1n) is 6.43. The standard InChI is InChI=1S/C11H24N2O4S/c1-4-5-11(14)6-12-18(15,16)13-7-9(2)17-10(3)8-13/h9-12,14H,4-8H2,1-3H3. The summed E-state index contributed by atoms with van der Waals surface area (Å²) in [5.41, 5.74) is 0. The third kappa shape index (κ3) is 4.81. The SMILES string of the molecule is CCCC(O)CNS(=O)(=O)N1CC(C)OC(C)C1. The van der Waals surface area contributed by atoms with Crippen LogP contribution in [0.3, 0.4) is 0 Å². The molecule has 1 rings (SSSR count). The maximum absolute atomic E-state index is 12.0. The molecule has 108 valence electrons. The van der Waals surface area contributed by atoms with E-state index in [1.807, 2.05) is 20.8 Å². The van der Waals surface area contributed by atoms with Gasteiger partial charge in [-0.25, -0.2) is 0 Å². The average molecular weight is 280 g/mol. The molecule has 0 amide bonds. The van der Waals surface area contributed by atoms with E-state index in [1.165, 1.54) is 4.31 Å². The first kappa shape index (κ1) is 15.8. The number of ether oxygens (including phenoxy) is 1. The molecule has 1 saturated heterocycles. The van der Waals surface area contributed by atoms with Crippen LogP contribution < -0.4 is 4.72 Å². The second kappa shape index (κ2) is 6.81. The van der Waals surface area contributed by atoms with E-state index in [4.69, 9.17) is 4.74 Å². The number of aliphatic hydroxyl groups is 1. The fourth-order valence-electron chi connectivity index (χ4n) is 2.06. The third-order valence-corrected chi connectivity index (χ3v) is 4.36. The molecule has 1 aliphatic heterocycles. The van der Waals surface area contributed by atoms with Crippen molar-refractivity contribution in [3.63, 3.8) is 0 Å². The van der Waals surface area contributed by atoms with Gasteiger partial charge in [-0.05, 0) is 20.3 Å². The summed E-state index contributed by atoms with van der Waals surface area (Å²) in [6, 6.07) is 0. The number of hydrogen-bond acceptors (Lipinski definition) is 4. The number of rotatable bonds is 6. The summed E-state index contributed by atoms with van der Waals surface area (Å²) in [7, 11) is -3.52. The lowest BCUT2D eigenvalue weighted by molar-refractivity contribution is -0.0444. The molecule has 0 aromatic rings. The minimum absolute atomic E-state index is 0.0658. The van der Waals surface area contributed by atoms with Crippen LogP contribution in [0.15, 0.2) is 0 Å². The van der Waals surface area contributed by atoms with Crippen molar-refractivity contribution >= 4 is 10.2 Å². The fraction of sp³-hybridized carbons (Fsp3) is 1.00.